The van der Waals surface area contributed by atoms with Crippen molar-refractivity contribution in [3.63, 3.8) is 0 Å². The largest absolute Gasteiger partial charge is 0.366 e. The molecule has 4 nitrogen and oxygen atoms in total. The molecular formula is C18H20N2O2. The lowest BCUT2D eigenvalue weighted by Gasteiger charge is -2.16. The van der Waals surface area contributed by atoms with Gasteiger partial charge in [0.25, 0.3) is 0 Å². The first-order valence-corrected chi connectivity index (χ1v) is 7.37. The van der Waals surface area contributed by atoms with E-state index in [0.29, 0.717) is 11.3 Å². The van der Waals surface area contributed by atoms with Gasteiger partial charge in [0.15, 0.2) is 0 Å². The first-order chi connectivity index (χ1) is 10.6. The smallest absolute Gasteiger partial charge is 0.248 e. The third kappa shape index (κ3) is 3.95. The topological polar surface area (TPSA) is 72.2 Å². The molecule has 0 unspecified atom stereocenters. The van der Waals surface area contributed by atoms with Crippen LogP contribution in [-0.2, 0) is 4.79 Å². The monoisotopic (exact) mass is 296 g/mol. The SMILES string of the molecule is CCC[C@H](C(=O)Nc1cccc(C(N)=O)c1)c1ccccc1. The van der Waals surface area contributed by atoms with E-state index >= 15 is 0 Å². The highest BCUT2D eigenvalue weighted by molar-refractivity contribution is 5.98. The van der Waals surface area contributed by atoms with Gasteiger partial charge in [0, 0.05) is 11.3 Å². The quantitative estimate of drug-likeness (QED) is 0.858. The summed E-state index contributed by atoms with van der Waals surface area (Å²) >= 11 is 0. The summed E-state index contributed by atoms with van der Waals surface area (Å²) in [6.45, 7) is 2.05. The van der Waals surface area contributed by atoms with Crippen molar-refractivity contribution in [2.75, 3.05) is 5.32 Å². The fourth-order valence-corrected chi connectivity index (χ4v) is 2.40. The molecule has 0 heterocycles. The van der Waals surface area contributed by atoms with E-state index in [-0.39, 0.29) is 11.8 Å². The summed E-state index contributed by atoms with van der Waals surface area (Å²) in [6, 6.07) is 16.4. The number of benzene rings is 2. The Labute approximate surface area is 130 Å². The van der Waals surface area contributed by atoms with Gasteiger partial charge < -0.3 is 11.1 Å². The molecule has 0 bridgehead atoms. The Hall–Kier alpha value is -2.62. The second kappa shape index (κ2) is 7.41. The Bertz CT molecular complexity index is 653. The van der Waals surface area contributed by atoms with E-state index in [1.165, 1.54) is 0 Å². The van der Waals surface area contributed by atoms with E-state index in [0.717, 1.165) is 18.4 Å². The minimum Gasteiger partial charge on any atom is -0.366 e. The van der Waals surface area contributed by atoms with E-state index in [1.54, 1.807) is 24.3 Å². The van der Waals surface area contributed by atoms with Gasteiger partial charge in [0.2, 0.25) is 11.8 Å². The van der Waals surface area contributed by atoms with E-state index in [9.17, 15) is 9.59 Å². The molecule has 0 aliphatic rings. The Morgan fingerprint density at radius 3 is 2.45 bits per heavy atom. The summed E-state index contributed by atoms with van der Waals surface area (Å²) < 4.78 is 0. The van der Waals surface area contributed by atoms with Crippen LogP contribution >= 0.6 is 0 Å². The van der Waals surface area contributed by atoms with Crippen molar-refractivity contribution in [3.05, 3.63) is 65.7 Å². The van der Waals surface area contributed by atoms with Gasteiger partial charge in [-0.05, 0) is 30.2 Å². The van der Waals surface area contributed by atoms with Crippen LogP contribution in [0.3, 0.4) is 0 Å². The molecule has 2 rings (SSSR count). The second-order valence-electron chi connectivity index (χ2n) is 5.19. The molecule has 0 fully saturated rings. The maximum absolute atomic E-state index is 12.6. The van der Waals surface area contributed by atoms with Gasteiger partial charge in [-0.15, -0.1) is 0 Å². The zero-order valence-electron chi connectivity index (χ0n) is 12.6. The second-order valence-corrected chi connectivity index (χ2v) is 5.19. The van der Waals surface area contributed by atoms with Gasteiger partial charge in [0.1, 0.15) is 0 Å². The van der Waals surface area contributed by atoms with Crippen molar-refractivity contribution >= 4 is 17.5 Å². The third-order valence-corrected chi connectivity index (χ3v) is 3.51. The van der Waals surface area contributed by atoms with Crippen LogP contribution in [0.1, 0.15) is 41.6 Å². The molecule has 0 saturated carbocycles. The van der Waals surface area contributed by atoms with Gasteiger partial charge in [-0.3, -0.25) is 9.59 Å². The highest BCUT2D eigenvalue weighted by Crippen LogP contribution is 2.23. The first kappa shape index (κ1) is 15.8. The molecule has 2 aromatic carbocycles. The average Bonchev–Trinajstić information content (AvgIpc) is 2.53. The lowest BCUT2D eigenvalue weighted by atomic mass is 9.93. The number of nitrogens with one attached hydrogen (secondary N) is 1. The molecule has 0 aromatic heterocycles. The van der Waals surface area contributed by atoms with Gasteiger partial charge in [-0.25, -0.2) is 0 Å². The molecule has 0 aliphatic heterocycles. The maximum Gasteiger partial charge on any atom is 0.248 e. The summed E-state index contributed by atoms with van der Waals surface area (Å²) in [5.41, 5.74) is 7.21. The van der Waals surface area contributed by atoms with Crippen LogP contribution < -0.4 is 11.1 Å². The third-order valence-electron chi connectivity index (χ3n) is 3.51. The summed E-state index contributed by atoms with van der Waals surface area (Å²) in [6.07, 6.45) is 1.68. The normalized spacial score (nSPS) is 11.7. The Morgan fingerprint density at radius 1 is 1.09 bits per heavy atom. The van der Waals surface area contributed by atoms with Gasteiger partial charge in [-0.2, -0.15) is 0 Å². The fourth-order valence-electron chi connectivity index (χ4n) is 2.40. The fraction of sp³-hybridized carbons (Fsp3) is 0.222. The van der Waals surface area contributed by atoms with Crippen LogP contribution in [0.25, 0.3) is 0 Å². The number of primary amides is 1. The number of rotatable bonds is 6. The molecule has 2 aromatic rings. The number of carbonyl (C=O) groups is 2. The molecule has 4 heteroatoms. The molecule has 0 spiro atoms. The van der Waals surface area contributed by atoms with E-state index in [1.807, 2.05) is 30.3 Å². The van der Waals surface area contributed by atoms with Gasteiger partial charge >= 0.3 is 0 Å². The lowest BCUT2D eigenvalue weighted by Crippen LogP contribution is -2.21. The molecule has 0 radical (unpaired) electrons. The molecule has 22 heavy (non-hydrogen) atoms. The number of anilines is 1. The number of nitrogens with two attached hydrogens (primary N) is 1. The zero-order chi connectivity index (χ0) is 15.9. The van der Waals surface area contributed by atoms with Gasteiger partial charge in [-0.1, -0.05) is 49.7 Å². The minimum absolute atomic E-state index is 0.0744. The van der Waals surface area contributed by atoms with E-state index in [4.69, 9.17) is 5.73 Å². The summed E-state index contributed by atoms with van der Waals surface area (Å²) in [5.74, 6) is -0.789. The average molecular weight is 296 g/mol. The van der Waals surface area contributed by atoms with Crippen LogP contribution in [-0.4, -0.2) is 11.8 Å². The molecule has 114 valence electrons. The van der Waals surface area contributed by atoms with Gasteiger partial charge in [0.05, 0.1) is 5.92 Å². The van der Waals surface area contributed by atoms with Crippen LogP contribution in [0.4, 0.5) is 5.69 Å². The number of carbonyl (C=O) groups excluding carboxylic acids is 2. The Balaban J connectivity index is 2.18. The van der Waals surface area contributed by atoms with Crippen LogP contribution in [0, 0.1) is 0 Å². The molecule has 1 atom stereocenters. The summed E-state index contributed by atoms with van der Waals surface area (Å²) in [7, 11) is 0. The number of hydrogen-bond donors (Lipinski definition) is 2. The number of amides is 2. The van der Waals surface area contributed by atoms with Crippen molar-refractivity contribution in [1.82, 2.24) is 0 Å². The minimum atomic E-state index is -0.510. The number of hydrogen-bond acceptors (Lipinski definition) is 2. The Kier molecular flexibility index (Phi) is 5.31. The maximum atomic E-state index is 12.6. The highest BCUT2D eigenvalue weighted by Gasteiger charge is 2.19. The highest BCUT2D eigenvalue weighted by atomic mass is 16.2. The molecule has 3 N–H and O–H groups in total. The van der Waals surface area contributed by atoms with Crippen molar-refractivity contribution in [2.24, 2.45) is 5.73 Å². The van der Waals surface area contributed by atoms with E-state index < -0.39 is 5.91 Å². The van der Waals surface area contributed by atoms with Crippen LogP contribution in [0.15, 0.2) is 54.6 Å². The summed E-state index contributed by atoms with van der Waals surface area (Å²) in [4.78, 5) is 23.8. The lowest BCUT2D eigenvalue weighted by molar-refractivity contribution is -0.117. The predicted molar refractivity (Wildman–Crippen MR) is 87.7 cm³/mol. The standard InChI is InChI=1S/C18H20N2O2/c1-2-7-16(13-8-4-3-5-9-13)18(22)20-15-11-6-10-14(12-15)17(19)21/h3-6,8-12,16H,2,7H2,1H3,(H2,19,21)(H,20,22)/t16-/m0/s1. The first-order valence-electron chi connectivity index (χ1n) is 7.37. The molecule has 0 aliphatic carbocycles. The van der Waals surface area contributed by atoms with Crippen LogP contribution in [0.2, 0.25) is 0 Å². The molecule has 2 amide bonds. The molecule has 0 saturated heterocycles. The Morgan fingerprint density at radius 2 is 1.82 bits per heavy atom. The van der Waals surface area contributed by atoms with E-state index in [2.05, 4.69) is 12.2 Å². The van der Waals surface area contributed by atoms with Crippen molar-refractivity contribution in [1.29, 1.82) is 0 Å². The summed E-state index contributed by atoms with van der Waals surface area (Å²) in [5, 5.41) is 2.87. The predicted octanol–water partition coefficient (Wildman–Crippen LogP) is 3.31. The van der Waals surface area contributed by atoms with Crippen molar-refractivity contribution in [3.8, 4) is 0 Å². The molecular weight excluding hydrogens is 276 g/mol. The van der Waals surface area contributed by atoms with Crippen molar-refractivity contribution < 1.29 is 9.59 Å². The van der Waals surface area contributed by atoms with Crippen molar-refractivity contribution in [2.45, 2.75) is 25.7 Å². The van der Waals surface area contributed by atoms with Crippen LogP contribution in [0.5, 0.6) is 0 Å². The zero-order valence-corrected chi connectivity index (χ0v) is 12.6.